The number of carbonyl (C=O) groups excluding carboxylic acids is 1. The van der Waals surface area contributed by atoms with E-state index in [4.69, 9.17) is 0 Å². The van der Waals surface area contributed by atoms with E-state index in [9.17, 15) is 18.0 Å². The predicted molar refractivity (Wildman–Crippen MR) is 92.8 cm³/mol. The number of carbonyl (C=O) groups is 1. The molecule has 1 aliphatic heterocycles. The number of pyridine rings is 1. The first-order chi connectivity index (χ1) is 12.5. The lowest BCUT2D eigenvalue weighted by Gasteiger charge is -2.34. The summed E-state index contributed by atoms with van der Waals surface area (Å²) in [6.07, 6.45) is 1.50. The number of hydrogen-bond acceptors (Lipinski definition) is 4. The van der Waals surface area contributed by atoms with E-state index in [2.05, 4.69) is 27.0 Å². The summed E-state index contributed by atoms with van der Waals surface area (Å²) in [5, 5.41) is 2.27. The highest BCUT2D eigenvalue weighted by molar-refractivity contribution is 6.04. The fourth-order valence-corrected chi connectivity index (χ4v) is 2.84. The Kier molecular flexibility index (Phi) is 5.41. The molecule has 0 unspecified atom stereocenters. The molecule has 1 aromatic carbocycles. The number of anilines is 2. The Balaban J connectivity index is 1.74. The van der Waals surface area contributed by atoms with Gasteiger partial charge in [-0.3, -0.25) is 4.79 Å². The lowest BCUT2D eigenvalue weighted by molar-refractivity contribution is 0.102. The zero-order valence-corrected chi connectivity index (χ0v) is 14.3. The third-order valence-corrected chi connectivity index (χ3v) is 4.43. The number of piperazine rings is 1. The SMILES string of the molecule is CCN1CCN(c2cc(C(=O)Nc3ccc(F)c(F)c3F)ccn2)CC1. The molecule has 1 aliphatic rings. The summed E-state index contributed by atoms with van der Waals surface area (Å²) in [5.41, 5.74) is -0.152. The largest absolute Gasteiger partial charge is 0.354 e. The van der Waals surface area contributed by atoms with Gasteiger partial charge in [0.15, 0.2) is 17.5 Å². The minimum atomic E-state index is -1.62. The van der Waals surface area contributed by atoms with Crippen molar-refractivity contribution < 1.29 is 18.0 Å². The van der Waals surface area contributed by atoms with E-state index in [1.807, 2.05) is 0 Å². The molecule has 26 heavy (non-hydrogen) atoms. The molecule has 5 nitrogen and oxygen atoms in total. The number of nitrogens with one attached hydrogen (secondary N) is 1. The molecule has 2 aromatic rings. The van der Waals surface area contributed by atoms with Gasteiger partial charge in [-0.05, 0) is 30.8 Å². The summed E-state index contributed by atoms with van der Waals surface area (Å²) >= 11 is 0. The van der Waals surface area contributed by atoms with Crippen molar-refractivity contribution >= 4 is 17.4 Å². The number of hydrogen-bond donors (Lipinski definition) is 1. The maximum absolute atomic E-state index is 13.7. The highest BCUT2D eigenvalue weighted by atomic mass is 19.2. The Bertz CT molecular complexity index is 807. The topological polar surface area (TPSA) is 48.5 Å². The van der Waals surface area contributed by atoms with Gasteiger partial charge in [0.2, 0.25) is 0 Å². The lowest BCUT2D eigenvalue weighted by atomic mass is 10.2. The first-order valence-corrected chi connectivity index (χ1v) is 8.37. The molecule has 138 valence electrons. The molecule has 0 radical (unpaired) electrons. The number of aromatic nitrogens is 1. The first kappa shape index (κ1) is 18.2. The van der Waals surface area contributed by atoms with Crippen LogP contribution in [0.25, 0.3) is 0 Å². The van der Waals surface area contributed by atoms with Gasteiger partial charge in [-0.1, -0.05) is 6.92 Å². The zero-order valence-electron chi connectivity index (χ0n) is 14.3. The van der Waals surface area contributed by atoms with Gasteiger partial charge in [0.1, 0.15) is 5.82 Å². The van der Waals surface area contributed by atoms with E-state index < -0.39 is 29.0 Å². The van der Waals surface area contributed by atoms with E-state index in [-0.39, 0.29) is 5.56 Å². The number of likely N-dealkylation sites (N-methyl/N-ethyl adjacent to an activating group) is 1. The highest BCUT2D eigenvalue weighted by Gasteiger charge is 2.19. The number of halogens is 3. The molecule has 1 amide bonds. The Morgan fingerprint density at radius 1 is 1.12 bits per heavy atom. The number of benzene rings is 1. The van der Waals surface area contributed by atoms with Crippen molar-refractivity contribution in [3.05, 3.63) is 53.5 Å². The van der Waals surface area contributed by atoms with Gasteiger partial charge in [-0.2, -0.15) is 0 Å². The van der Waals surface area contributed by atoms with Crippen molar-refractivity contribution in [2.24, 2.45) is 0 Å². The van der Waals surface area contributed by atoms with E-state index in [1.54, 1.807) is 6.07 Å². The summed E-state index contributed by atoms with van der Waals surface area (Å²) in [4.78, 5) is 21.0. The average Bonchev–Trinajstić information content (AvgIpc) is 2.68. The molecule has 1 fully saturated rings. The quantitative estimate of drug-likeness (QED) is 0.848. The normalized spacial score (nSPS) is 15.2. The van der Waals surface area contributed by atoms with Gasteiger partial charge in [0.25, 0.3) is 5.91 Å². The number of amides is 1. The third-order valence-electron chi connectivity index (χ3n) is 4.43. The van der Waals surface area contributed by atoms with Crippen molar-refractivity contribution in [1.82, 2.24) is 9.88 Å². The standard InChI is InChI=1S/C18H19F3N4O/c1-2-24-7-9-25(10-8-24)15-11-12(5-6-22-15)18(26)23-14-4-3-13(19)16(20)17(14)21/h3-6,11H,2,7-10H2,1H3,(H,23,26). The van der Waals surface area contributed by atoms with Crippen molar-refractivity contribution in [2.45, 2.75) is 6.92 Å². The molecule has 0 aliphatic carbocycles. The fourth-order valence-electron chi connectivity index (χ4n) is 2.84. The smallest absolute Gasteiger partial charge is 0.255 e. The number of rotatable bonds is 4. The second-order valence-electron chi connectivity index (χ2n) is 6.00. The summed E-state index contributed by atoms with van der Waals surface area (Å²) in [6, 6.07) is 4.84. The Morgan fingerprint density at radius 3 is 2.54 bits per heavy atom. The van der Waals surface area contributed by atoms with Crippen LogP contribution in [-0.4, -0.2) is 48.5 Å². The molecule has 8 heteroatoms. The Labute approximate surface area is 149 Å². The van der Waals surface area contributed by atoms with Crippen LogP contribution in [0.2, 0.25) is 0 Å². The van der Waals surface area contributed by atoms with E-state index in [1.165, 1.54) is 12.3 Å². The highest BCUT2D eigenvalue weighted by Crippen LogP contribution is 2.21. The molecule has 1 aromatic heterocycles. The molecule has 1 saturated heterocycles. The van der Waals surface area contributed by atoms with Gasteiger partial charge in [0, 0.05) is 37.9 Å². The van der Waals surface area contributed by atoms with Crippen molar-refractivity contribution in [3.63, 3.8) is 0 Å². The summed E-state index contributed by atoms with van der Waals surface area (Å²) in [5.74, 6) is -4.32. The Morgan fingerprint density at radius 2 is 1.85 bits per heavy atom. The van der Waals surface area contributed by atoms with Gasteiger partial charge in [-0.15, -0.1) is 0 Å². The van der Waals surface area contributed by atoms with Crippen molar-refractivity contribution in [3.8, 4) is 0 Å². The molecule has 3 rings (SSSR count). The summed E-state index contributed by atoms with van der Waals surface area (Å²) < 4.78 is 40.0. The predicted octanol–water partition coefficient (Wildman–Crippen LogP) is 2.89. The van der Waals surface area contributed by atoms with Gasteiger partial charge in [0.05, 0.1) is 5.69 Å². The van der Waals surface area contributed by atoms with Crippen LogP contribution in [0.1, 0.15) is 17.3 Å². The van der Waals surface area contributed by atoms with Crippen LogP contribution in [-0.2, 0) is 0 Å². The summed E-state index contributed by atoms with van der Waals surface area (Å²) in [6.45, 7) is 6.51. The molecule has 0 saturated carbocycles. The maximum Gasteiger partial charge on any atom is 0.255 e. The molecule has 2 heterocycles. The van der Waals surface area contributed by atoms with Crippen molar-refractivity contribution in [2.75, 3.05) is 42.9 Å². The van der Waals surface area contributed by atoms with E-state index >= 15 is 0 Å². The van der Waals surface area contributed by atoms with Crippen LogP contribution in [0.15, 0.2) is 30.5 Å². The van der Waals surface area contributed by atoms with Crippen LogP contribution in [0, 0.1) is 17.5 Å². The van der Waals surface area contributed by atoms with Crippen LogP contribution < -0.4 is 10.2 Å². The van der Waals surface area contributed by atoms with E-state index in [0.29, 0.717) is 5.82 Å². The Hall–Kier alpha value is -2.61. The maximum atomic E-state index is 13.7. The lowest BCUT2D eigenvalue weighted by Crippen LogP contribution is -2.46. The van der Waals surface area contributed by atoms with E-state index in [0.717, 1.165) is 44.9 Å². The minimum Gasteiger partial charge on any atom is -0.354 e. The second kappa shape index (κ2) is 7.74. The van der Waals surface area contributed by atoms with Gasteiger partial charge < -0.3 is 15.1 Å². The molecular weight excluding hydrogens is 345 g/mol. The van der Waals surface area contributed by atoms with Crippen LogP contribution in [0.3, 0.4) is 0 Å². The van der Waals surface area contributed by atoms with Crippen molar-refractivity contribution in [1.29, 1.82) is 0 Å². The molecule has 0 atom stereocenters. The number of nitrogens with zero attached hydrogens (tertiary/aromatic N) is 3. The van der Waals surface area contributed by atoms with Crippen LogP contribution in [0.4, 0.5) is 24.7 Å². The second-order valence-corrected chi connectivity index (χ2v) is 6.00. The molecule has 0 spiro atoms. The third kappa shape index (κ3) is 3.80. The minimum absolute atomic E-state index is 0.261. The average molecular weight is 364 g/mol. The summed E-state index contributed by atoms with van der Waals surface area (Å²) in [7, 11) is 0. The molecular formula is C18H19F3N4O. The van der Waals surface area contributed by atoms with Crippen LogP contribution >= 0.6 is 0 Å². The molecule has 1 N–H and O–H groups in total. The fraction of sp³-hybridized carbons (Fsp3) is 0.333. The van der Waals surface area contributed by atoms with Gasteiger partial charge in [-0.25, -0.2) is 18.2 Å². The van der Waals surface area contributed by atoms with Crippen LogP contribution in [0.5, 0.6) is 0 Å². The van der Waals surface area contributed by atoms with Gasteiger partial charge >= 0.3 is 0 Å². The molecule has 0 bridgehead atoms. The first-order valence-electron chi connectivity index (χ1n) is 8.37. The monoisotopic (exact) mass is 364 g/mol. The zero-order chi connectivity index (χ0) is 18.7.